The van der Waals surface area contributed by atoms with Crippen LogP contribution in [-0.4, -0.2) is 55.5 Å². The van der Waals surface area contributed by atoms with Gasteiger partial charge in [-0.2, -0.15) is 0 Å². The van der Waals surface area contributed by atoms with Crippen molar-refractivity contribution in [2.45, 2.75) is 77.6 Å². The van der Waals surface area contributed by atoms with Gasteiger partial charge in [0.1, 0.15) is 11.6 Å². The van der Waals surface area contributed by atoms with Gasteiger partial charge < -0.3 is 24.2 Å². The van der Waals surface area contributed by atoms with E-state index in [1.807, 2.05) is 32.9 Å². The molecule has 0 spiro atoms. The van der Waals surface area contributed by atoms with Crippen molar-refractivity contribution in [1.29, 1.82) is 0 Å². The Hall–Kier alpha value is -3.60. The second kappa shape index (κ2) is 9.22. The van der Waals surface area contributed by atoms with Crippen LogP contribution in [0, 0.1) is 20.8 Å². The van der Waals surface area contributed by atoms with Crippen LogP contribution in [0.4, 0.5) is 4.79 Å². The highest BCUT2D eigenvalue weighted by atomic mass is 16.7. The summed E-state index contributed by atoms with van der Waals surface area (Å²) in [6, 6.07) is 5.43. The van der Waals surface area contributed by atoms with Crippen molar-refractivity contribution in [2.24, 2.45) is 0 Å². The summed E-state index contributed by atoms with van der Waals surface area (Å²) in [5, 5.41) is 27.7. The molecule has 2 fully saturated rings. The molecule has 10 heteroatoms. The van der Waals surface area contributed by atoms with E-state index >= 15 is 0 Å². The Balaban J connectivity index is 1.86. The van der Waals surface area contributed by atoms with Gasteiger partial charge in [-0.1, -0.05) is 32.0 Å². The quantitative estimate of drug-likeness (QED) is 0.341. The number of carboxylic acid groups (broad SMARTS) is 1. The fourth-order valence-corrected chi connectivity index (χ4v) is 6.13. The van der Waals surface area contributed by atoms with Crippen LogP contribution in [0.25, 0.3) is 22.2 Å². The summed E-state index contributed by atoms with van der Waals surface area (Å²) in [5.41, 5.74) is 2.79. The van der Waals surface area contributed by atoms with Crippen molar-refractivity contribution in [3.8, 4) is 11.1 Å². The lowest BCUT2D eigenvalue weighted by atomic mass is 9.71. The summed E-state index contributed by atoms with van der Waals surface area (Å²) in [6.45, 7) is 12.3. The first-order chi connectivity index (χ1) is 18.9. The minimum absolute atomic E-state index is 0.0316. The number of pyridine rings is 1. The van der Waals surface area contributed by atoms with Crippen LogP contribution in [0.15, 0.2) is 28.9 Å². The maximum atomic E-state index is 13.1. The van der Waals surface area contributed by atoms with E-state index in [9.17, 15) is 15.0 Å². The average molecular weight is 547 g/mol. The maximum absolute atomic E-state index is 13.1. The Kier molecular flexibility index (Phi) is 6.14. The summed E-state index contributed by atoms with van der Waals surface area (Å²) >= 11 is 0. The molecule has 0 bridgehead atoms. The maximum Gasteiger partial charge on any atom is 0.417 e. The predicted molar refractivity (Wildman–Crippen MR) is 146 cm³/mol. The lowest BCUT2D eigenvalue weighted by Gasteiger charge is -2.39. The number of aryl methyl sites for hydroxylation is 3. The molecule has 4 aromatic rings. The van der Waals surface area contributed by atoms with Gasteiger partial charge in [0.05, 0.1) is 29.9 Å². The van der Waals surface area contributed by atoms with Crippen molar-refractivity contribution in [2.75, 3.05) is 13.2 Å². The van der Waals surface area contributed by atoms with Gasteiger partial charge in [0.2, 0.25) is 0 Å². The van der Waals surface area contributed by atoms with Crippen molar-refractivity contribution in [3.63, 3.8) is 0 Å². The third-order valence-corrected chi connectivity index (χ3v) is 7.92. The number of nitrogens with zero attached hydrogens (tertiary/aromatic N) is 4. The molecule has 1 saturated carbocycles. The monoisotopic (exact) mass is 546 g/mol. The van der Waals surface area contributed by atoms with Gasteiger partial charge in [-0.15, -0.1) is 0 Å². The molecule has 4 heterocycles. The molecule has 1 aliphatic carbocycles. The molecule has 0 radical (unpaired) electrons. The molecule has 1 saturated heterocycles. The van der Waals surface area contributed by atoms with Gasteiger partial charge in [0, 0.05) is 34.5 Å². The largest absolute Gasteiger partial charge is 0.464 e. The molecule has 1 aromatic carbocycles. The zero-order valence-corrected chi connectivity index (χ0v) is 23.6. The Bertz CT molecular complexity index is 1620. The second-order valence-electron chi connectivity index (χ2n) is 11.8. The summed E-state index contributed by atoms with van der Waals surface area (Å²) in [7, 11) is 0. The standard InChI is InChI=1S/C30H34N4O6/c1-15-20(8-7-11-31-15)30(37,27-38-12-13-39-27)24-23(29(4,5)6)19(22-16(2)33-40-17(22)3)14-21-25(24)32-26(18-9-10-18)34(21)28(35)36/h7-8,11,14,18,27,37H,9-10,12-13H2,1-6H3,(H,35,36). The zero-order chi connectivity index (χ0) is 28.6. The number of hydrogen-bond acceptors (Lipinski definition) is 8. The number of aliphatic hydroxyl groups is 1. The topological polar surface area (TPSA) is 133 Å². The van der Waals surface area contributed by atoms with Gasteiger partial charge in [-0.25, -0.2) is 14.3 Å². The molecule has 6 rings (SSSR count). The minimum atomic E-state index is -1.87. The highest BCUT2D eigenvalue weighted by molar-refractivity contribution is 5.96. The molecular weight excluding hydrogens is 512 g/mol. The van der Waals surface area contributed by atoms with E-state index in [0.717, 1.165) is 24.0 Å². The number of fused-ring (bicyclic) bond motifs is 1. The van der Waals surface area contributed by atoms with Crippen LogP contribution in [0.3, 0.4) is 0 Å². The van der Waals surface area contributed by atoms with E-state index in [1.54, 1.807) is 12.3 Å². The van der Waals surface area contributed by atoms with Crippen LogP contribution in [-0.2, 0) is 20.5 Å². The fourth-order valence-electron chi connectivity index (χ4n) is 6.13. The van der Waals surface area contributed by atoms with Crippen LogP contribution >= 0.6 is 0 Å². The van der Waals surface area contributed by atoms with E-state index < -0.39 is 23.4 Å². The van der Waals surface area contributed by atoms with Crippen molar-refractivity contribution in [1.82, 2.24) is 19.7 Å². The van der Waals surface area contributed by atoms with Gasteiger partial charge >= 0.3 is 6.09 Å². The van der Waals surface area contributed by atoms with E-state index in [4.69, 9.17) is 19.0 Å². The lowest BCUT2D eigenvalue weighted by Crippen LogP contribution is -2.44. The predicted octanol–water partition coefficient (Wildman–Crippen LogP) is 5.32. The first-order valence-corrected chi connectivity index (χ1v) is 13.6. The molecule has 1 aliphatic heterocycles. The average Bonchev–Trinajstić information content (AvgIpc) is 3.28. The SMILES string of the molecule is Cc1ncccc1C(O)(c1c(C(C)(C)C)c(-c2c(C)noc2C)cc2c1nc(C1CC1)n2C(=O)O)C1OCCO1. The molecule has 1 atom stereocenters. The summed E-state index contributed by atoms with van der Waals surface area (Å²) in [4.78, 5) is 22.2. The smallest absolute Gasteiger partial charge is 0.417 e. The summed E-state index contributed by atoms with van der Waals surface area (Å²) in [6.07, 6.45) is 1.18. The Morgan fingerprint density at radius 3 is 2.33 bits per heavy atom. The van der Waals surface area contributed by atoms with E-state index in [0.29, 0.717) is 63.9 Å². The van der Waals surface area contributed by atoms with Gasteiger partial charge in [-0.05, 0) is 62.3 Å². The van der Waals surface area contributed by atoms with Crippen LogP contribution in [0.1, 0.15) is 79.2 Å². The summed E-state index contributed by atoms with van der Waals surface area (Å²) in [5.74, 6) is 1.09. The van der Waals surface area contributed by atoms with Crippen molar-refractivity contribution < 1.29 is 29.0 Å². The number of carbonyl (C=O) groups is 1. The number of ether oxygens (including phenoxy) is 2. The highest BCUT2D eigenvalue weighted by Gasteiger charge is 2.51. The van der Waals surface area contributed by atoms with Crippen molar-refractivity contribution in [3.05, 3.63) is 64.1 Å². The fraction of sp³-hybridized carbons (Fsp3) is 0.467. The Morgan fingerprint density at radius 2 is 1.77 bits per heavy atom. The second-order valence-corrected chi connectivity index (χ2v) is 11.8. The van der Waals surface area contributed by atoms with Crippen molar-refractivity contribution >= 4 is 17.1 Å². The van der Waals surface area contributed by atoms with Gasteiger partial charge in [0.25, 0.3) is 0 Å². The lowest BCUT2D eigenvalue weighted by molar-refractivity contribution is -0.166. The number of aromatic nitrogens is 4. The van der Waals surface area contributed by atoms with E-state index in [2.05, 4.69) is 30.9 Å². The van der Waals surface area contributed by atoms with E-state index in [1.165, 1.54) is 4.57 Å². The molecule has 210 valence electrons. The first kappa shape index (κ1) is 26.6. The molecule has 2 aliphatic rings. The molecule has 0 amide bonds. The zero-order valence-electron chi connectivity index (χ0n) is 23.6. The number of imidazole rings is 1. The Morgan fingerprint density at radius 1 is 1.07 bits per heavy atom. The first-order valence-electron chi connectivity index (χ1n) is 13.6. The van der Waals surface area contributed by atoms with Gasteiger partial charge in [0.15, 0.2) is 11.9 Å². The number of benzene rings is 1. The Labute approximate surface area is 231 Å². The number of hydrogen-bond donors (Lipinski definition) is 2. The highest BCUT2D eigenvalue weighted by Crippen LogP contribution is 2.51. The van der Waals surface area contributed by atoms with Crippen LogP contribution in [0.2, 0.25) is 0 Å². The van der Waals surface area contributed by atoms with E-state index in [-0.39, 0.29) is 5.92 Å². The van der Waals surface area contributed by atoms with Crippen LogP contribution in [0.5, 0.6) is 0 Å². The normalized spacial score (nSPS) is 18.0. The summed E-state index contributed by atoms with van der Waals surface area (Å²) < 4.78 is 18.9. The molecular formula is C30H34N4O6. The molecule has 1 unspecified atom stereocenters. The van der Waals surface area contributed by atoms with Gasteiger partial charge in [-0.3, -0.25) is 4.98 Å². The molecule has 40 heavy (non-hydrogen) atoms. The number of rotatable bonds is 5. The third kappa shape index (κ3) is 3.96. The van der Waals surface area contributed by atoms with Crippen LogP contribution < -0.4 is 0 Å². The third-order valence-electron chi connectivity index (χ3n) is 7.92. The molecule has 2 N–H and O–H groups in total. The molecule has 10 nitrogen and oxygen atoms in total. The molecule has 3 aromatic heterocycles. The minimum Gasteiger partial charge on any atom is -0.464 e.